The second kappa shape index (κ2) is 9.31. The third kappa shape index (κ3) is 5.16. The summed E-state index contributed by atoms with van der Waals surface area (Å²) < 4.78 is 1.90. The van der Waals surface area contributed by atoms with E-state index in [0.717, 1.165) is 50.7 Å². The number of hydrogen-bond acceptors (Lipinski definition) is 4. The van der Waals surface area contributed by atoms with Gasteiger partial charge in [-0.05, 0) is 49.1 Å². The van der Waals surface area contributed by atoms with Gasteiger partial charge in [0.1, 0.15) is 0 Å². The molecule has 5 heteroatoms. The Bertz CT molecular complexity index is 656. The van der Waals surface area contributed by atoms with Crippen molar-refractivity contribution in [3.05, 3.63) is 48.3 Å². The summed E-state index contributed by atoms with van der Waals surface area (Å²) in [6.07, 6.45) is 5.88. The molecule has 1 atom stereocenters. The molecule has 2 heterocycles. The Kier molecular flexibility index (Phi) is 6.83. The van der Waals surface area contributed by atoms with Crippen LogP contribution in [-0.2, 0) is 6.54 Å². The lowest BCUT2D eigenvalue weighted by Gasteiger charge is -2.41. The molecular formula is C21H32N4O. The molecule has 26 heavy (non-hydrogen) atoms. The maximum absolute atomic E-state index is 9.48. The van der Waals surface area contributed by atoms with E-state index in [1.165, 1.54) is 12.0 Å². The van der Waals surface area contributed by atoms with E-state index in [0.29, 0.717) is 6.04 Å². The molecule has 0 spiro atoms. The zero-order valence-electron chi connectivity index (χ0n) is 16.1. The first-order valence-corrected chi connectivity index (χ1v) is 9.82. The Morgan fingerprint density at radius 1 is 1.23 bits per heavy atom. The van der Waals surface area contributed by atoms with Crippen molar-refractivity contribution in [1.29, 1.82) is 0 Å². The van der Waals surface area contributed by atoms with E-state index >= 15 is 0 Å². The summed E-state index contributed by atoms with van der Waals surface area (Å²) in [6.45, 7) is 10.1. The Morgan fingerprint density at radius 3 is 2.85 bits per heavy atom. The molecule has 1 fully saturated rings. The summed E-state index contributed by atoms with van der Waals surface area (Å²) in [5.74, 6) is 0.729. The first-order chi connectivity index (χ1) is 12.7. The fourth-order valence-corrected chi connectivity index (χ4v) is 3.72. The van der Waals surface area contributed by atoms with Crippen LogP contribution in [0.1, 0.15) is 32.3 Å². The van der Waals surface area contributed by atoms with E-state index in [9.17, 15) is 5.11 Å². The quantitative estimate of drug-likeness (QED) is 0.790. The minimum atomic E-state index is 0.269. The number of rotatable bonds is 8. The highest BCUT2D eigenvalue weighted by molar-refractivity contribution is 5.35. The van der Waals surface area contributed by atoms with Gasteiger partial charge in [-0.2, -0.15) is 5.10 Å². The fourth-order valence-electron chi connectivity index (χ4n) is 3.72. The van der Waals surface area contributed by atoms with Gasteiger partial charge in [-0.1, -0.05) is 26.0 Å². The van der Waals surface area contributed by atoms with Gasteiger partial charge in [0.15, 0.2) is 0 Å². The van der Waals surface area contributed by atoms with Gasteiger partial charge in [-0.25, -0.2) is 4.68 Å². The largest absolute Gasteiger partial charge is 0.396 e. The van der Waals surface area contributed by atoms with Crippen molar-refractivity contribution in [2.24, 2.45) is 5.92 Å². The molecule has 2 aromatic rings. The topological polar surface area (TPSA) is 44.5 Å². The van der Waals surface area contributed by atoms with Crippen LogP contribution in [0.25, 0.3) is 5.69 Å². The predicted octanol–water partition coefficient (Wildman–Crippen LogP) is 2.79. The molecular weight excluding hydrogens is 324 g/mol. The Labute approximate surface area is 157 Å². The molecule has 0 saturated carbocycles. The van der Waals surface area contributed by atoms with Crippen molar-refractivity contribution in [2.45, 2.75) is 39.3 Å². The maximum Gasteiger partial charge on any atom is 0.0648 e. The van der Waals surface area contributed by atoms with Gasteiger partial charge in [0.05, 0.1) is 5.69 Å². The van der Waals surface area contributed by atoms with Crippen LogP contribution < -0.4 is 0 Å². The number of aliphatic hydroxyl groups is 1. The molecule has 0 bridgehead atoms. The lowest BCUT2D eigenvalue weighted by Crippen LogP contribution is -2.53. The van der Waals surface area contributed by atoms with Crippen molar-refractivity contribution >= 4 is 0 Å². The van der Waals surface area contributed by atoms with E-state index in [2.05, 4.69) is 53.0 Å². The molecule has 1 saturated heterocycles. The summed E-state index contributed by atoms with van der Waals surface area (Å²) in [5, 5.41) is 13.8. The van der Waals surface area contributed by atoms with Crippen molar-refractivity contribution in [3.63, 3.8) is 0 Å². The van der Waals surface area contributed by atoms with Crippen LogP contribution in [0.3, 0.4) is 0 Å². The zero-order valence-corrected chi connectivity index (χ0v) is 16.1. The van der Waals surface area contributed by atoms with E-state index in [1.54, 1.807) is 0 Å². The van der Waals surface area contributed by atoms with Gasteiger partial charge in [0.25, 0.3) is 0 Å². The molecule has 1 N–H and O–H groups in total. The van der Waals surface area contributed by atoms with Gasteiger partial charge >= 0.3 is 0 Å². The Balaban J connectivity index is 1.61. The minimum absolute atomic E-state index is 0.269. The lowest BCUT2D eigenvalue weighted by molar-refractivity contribution is 0.0524. The smallest absolute Gasteiger partial charge is 0.0648 e. The molecule has 0 aliphatic carbocycles. The number of benzene rings is 1. The van der Waals surface area contributed by atoms with E-state index < -0.39 is 0 Å². The zero-order chi connectivity index (χ0) is 18.4. The van der Waals surface area contributed by atoms with Crippen LogP contribution in [0.15, 0.2) is 42.7 Å². The van der Waals surface area contributed by atoms with Crippen LogP contribution in [0, 0.1) is 5.92 Å². The summed E-state index contributed by atoms with van der Waals surface area (Å²) in [4.78, 5) is 5.10. The van der Waals surface area contributed by atoms with E-state index in [1.807, 2.05) is 23.1 Å². The molecule has 1 aromatic heterocycles. The molecule has 1 aliphatic heterocycles. The standard InChI is InChI=1S/C21H32N4O/c1-18(2)7-11-24-13-12-23(17-21(24)8-14-26)16-19-5-3-6-20(15-19)25-10-4-9-22-25/h3-6,9-10,15,18,21,26H,7-8,11-14,16-17H2,1-2H3/t21-/m1/s1. The third-order valence-electron chi connectivity index (χ3n) is 5.23. The normalized spacial score (nSPS) is 19.3. The average molecular weight is 357 g/mol. The van der Waals surface area contributed by atoms with Crippen LogP contribution in [-0.4, -0.2) is 63.5 Å². The molecule has 1 aliphatic rings. The molecule has 0 unspecified atom stereocenters. The highest BCUT2D eigenvalue weighted by atomic mass is 16.3. The van der Waals surface area contributed by atoms with Crippen molar-refractivity contribution in [3.8, 4) is 5.69 Å². The first-order valence-electron chi connectivity index (χ1n) is 9.82. The summed E-state index contributed by atoms with van der Waals surface area (Å²) in [7, 11) is 0. The van der Waals surface area contributed by atoms with Gasteiger partial charge < -0.3 is 5.11 Å². The van der Waals surface area contributed by atoms with Gasteiger partial charge in [-0.3, -0.25) is 9.80 Å². The number of nitrogens with zero attached hydrogens (tertiary/aromatic N) is 4. The average Bonchev–Trinajstić information content (AvgIpc) is 3.16. The molecule has 0 radical (unpaired) electrons. The predicted molar refractivity (Wildman–Crippen MR) is 105 cm³/mol. The molecule has 1 aromatic carbocycles. The van der Waals surface area contributed by atoms with Gasteiger partial charge in [0.2, 0.25) is 0 Å². The van der Waals surface area contributed by atoms with Crippen LogP contribution in [0.4, 0.5) is 0 Å². The van der Waals surface area contributed by atoms with Crippen LogP contribution in [0.2, 0.25) is 0 Å². The molecule has 5 nitrogen and oxygen atoms in total. The molecule has 0 amide bonds. The number of piperazine rings is 1. The number of hydrogen-bond donors (Lipinski definition) is 1. The van der Waals surface area contributed by atoms with Crippen LogP contribution >= 0.6 is 0 Å². The summed E-state index contributed by atoms with van der Waals surface area (Å²) >= 11 is 0. The Hall–Kier alpha value is -1.69. The monoisotopic (exact) mass is 356 g/mol. The number of aromatic nitrogens is 2. The molecule has 142 valence electrons. The minimum Gasteiger partial charge on any atom is -0.396 e. The first kappa shape index (κ1) is 19.1. The molecule has 3 rings (SSSR count). The highest BCUT2D eigenvalue weighted by Gasteiger charge is 2.26. The van der Waals surface area contributed by atoms with Crippen LogP contribution in [0.5, 0.6) is 0 Å². The summed E-state index contributed by atoms with van der Waals surface area (Å²) in [5.41, 5.74) is 2.42. The van der Waals surface area contributed by atoms with Crippen molar-refractivity contribution in [2.75, 3.05) is 32.8 Å². The lowest BCUT2D eigenvalue weighted by atomic mass is 10.0. The fraction of sp³-hybridized carbons (Fsp3) is 0.571. The maximum atomic E-state index is 9.48. The van der Waals surface area contributed by atoms with E-state index in [-0.39, 0.29) is 6.61 Å². The van der Waals surface area contributed by atoms with E-state index in [4.69, 9.17) is 0 Å². The van der Waals surface area contributed by atoms with Gasteiger partial charge in [-0.15, -0.1) is 0 Å². The SMILES string of the molecule is CC(C)CCN1CCN(Cc2cccc(-n3cccn3)c2)C[C@H]1CCO. The highest BCUT2D eigenvalue weighted by Crippen LogP contribution is 2.18. The van der Waals surface area contributed by atoms with Crippen molar-refractivity contribution in [1.82, 2.24) is 19.6 Å². The Morgan fingerprint density at radius 2 is 2.12 bits per heavy atom. The number of aliphatic hydroxyl groups excluding tert-OH is 1. The second-order valence-electron chi connectivity index (χ2n) is 7.74. The van der Waals surface area contributed by atoms with Gasteiger partial charge in [0, 0.05) is 51.2 Å². The van der Waals surface area contributed by atoms with Crippen molar-refractivity contribution < 1.29 is 5.11 Å². The third-order valence-corrected chi connectivity index (χ3v) is 5.23. The summed E-state index contributed by atoms with van der Waals surface area (Å²) in [6, 6.07) is 11.0. The second-order valence-corrected chi connectivity index (χ2v) is 7.74.